The van der Waals surface area contributed by atoms with E-state index in [9.17, 15) is 9.59 Å². The molecular formula is C22H16Cl2N6O3. The van der Waals surface area contributed by atoms with Crippen molar-refractivity contribution in [3.05, 3.63) is 96.8 Å². The van der Waals surface area contributed by atoms with Crippen LogP contribution in [0, 0.1) is 11.3 Å². The number of nitrogens with zero attached hydrogens (tertiary/aromatic N) is 5. The average Bonchev–Trinajstić information content (AvgIpc) is 2.81. The van der Waals surface area contributed by atoms with E-state index in [1.54, 1.807) is 12.1 Å². The summed E-state index contributed by atoms with van der Waals surface area (Å²) in [4.78, 5) is 25.7. The van der Waals surface area contributed by atoms with Gasteiger partial charge in [-0.2, -0.15) is 9.94 Å². The zero-order valence-corrected chi connectivity index (χ0v) is 18.7. The minimum absolute atomic E-state index is 0.00980. The summed E-state index contributed by atoms with van der Waals surface area (Å²) in [6.45, 7) is 2.64. The Balaban J connectivity index is 1.63. The second kappa shape index (κ2) is 9.32. The number of hydrazone groups is 1. The van der Waals surface area contributed by atoms with E-state index in [1.165, 1.54) is 12.1 Å². The molecule has 0 amide bonds. The summed E-state index contributed by atoms with van der Waals surface area (Å²) in [6, 6.07) is 14.3. The van der Waals surface area contributed by atoms with Crippen LogP contribution in [0.15, 0.2) is 69.3 Å². The van der Waals surface area contributed by atoms with E-state index in [0.29, 0.717) is 6.54 Å². The molecule has 4 rings (SSSR count). The first-order chi connectivity index (χ1) is 15.9. The van der Waals surface area contributed by atoms with Gasteiger partial charge in [0.15, 0.2) is 5.75 Å². The second-order valence-corrected chi connectivity index (χ2v) is 7.84. The summed E-state index contributed by atoms with van der Waals surface area (Å²) in [7, 11) is 0. The lowest BCUT2D eigenvalue weighted by molar-refractivity contribution is 0.236. The Hall–Kier alpha value is -3.87. The molecule has 2 heterocycles. The first-order valence-electron chi connectivity index (χ1n) is 9.75. The zero-order valence-electron chi connectivity index (χ0n) is 17.2. The fraction of sp³-hybridized carbons (Fsp3) is 0.136. The number of halogens is 2. The van der Waals surface area contributed by atoms with Crippen molar-refractivity contribution in [3.8, 4) is 17.5 Å². The monoisotopic (exact) mass is 482 g/mol. The molecule has 166 valence electrons. The van der Waals surface area contributed by atoms with Gasteiger partial charge in [0.1, 0.15) is 6.07 Å². The lowest BCUT2D eigenvalue weighted by Crippen LogP contribution is -2.33. The standard InChI is InChI=1S/C22H16Cl2N6O3/c1-13(14-6-3-2-4-7-14)29-9-5-8-19(28-29)33-20-16(23)10-15(11-17(20)24)30-22(32)26-21(31)18(12-25)27-30/h2-8,10-11,13H,9H2,1H3,(H,26,31,32)/t13-/m1/s1. The van der Waals surface area contributed by atoms with Crippen LogP contribution < -0.4 is 16.0 Å². The molecule has 0 radical (unpaired) electrons. The van der Waals surface area contributed by atoms with Crippen molar-refractivity contribution in [2.75, 3.05) is 6.54 Å². The Kier molecular flexibility index (Phi) is 6.31. The molecule has 33 heavy (non-hydrogen) atoms. The van der Waals surface area contributed by atoms with Gasteiger partial charge < -0.3 is 4.74 Å². The van der Waals surface area contributed by atoms with Crippen LogP contribution >= 0.6 is 23.2 Å². The summed E-state index contributed by atoms with van der Waals surface area (Å²) in [5.41, 5.74) is -0.948. The lowest BCUT2D eigenvalue weighted by atomic mass is 10.1. The molecule has 0 bridgehead atoms. The number of aromatic amines is 1. The summed E-state index contributed by atoms with van der Waals surface area (Å²) in [5.74, 6) is 0.421. The number of nitriles is 1. The molecule has 1 aromatic heterocycles. The van der Waals surface area contributed by atoms with Crippen LogP contribution in [0.3, 0.4) is 0 Å². The maximum atomic E-state index is 12.1. The molecule has 0 aliphatic carbocycles. The molecule has 0 spiro atoms. The molecule has 0 fully saturated rings. The lowest BCUT2D eigenvalue weighted by Gasteiger charge is -2.28. The molecule has 9 nitrogen and oxygen atoms in total. The number of aromatic nitrogens is 3. The third kappa shape index (κ3) is 4.67. The molecule has 11 heteroatoms. The van der Waals surface area contributed by atoms with Crippen molar-refractivity contribution in [2.24, 2.45) is 5.10 Å². The molecule has 1 atom stereocenters. The van der Waals surface area contributed by atoms with E-state index in [0.717, 1.165) is 10.2 Å². The van der Waals surface area contributed by atoms with E-state index < -0.39 is 16.9 Å². The zero-order chi connectivity index (χ0) is 23.5. The third-order valence-electron chi connectivity index (χ3n) is 4.88. The molecule has 0 saturated heterocycles. The van der Waals surface area contributed by atoms with Crippen molar-refractivity contribution < 1.29 is 4.74 Å². The summed E-state index contributed by atoms with van der Waals surface area (Å²) in [6.07, 6.45) is 3.62. The summed E-state index contributed by atoms with van der Waals surface area (Å²) in [5, 5.41) is 19.3. The minimum Gasteiger partial charge on any atom is -0.434 e. The molecule has 0 unspecified atom stereocenters. The number of rotatable bonds is 4. The van der Waals surface area contributed by atoms with Gasteiger partial charge in [-0.15, -0.1) is 10.2 Å². The Morgan fingerprint density at radius 1 is 1.18 bits per heavy atom. The quantitative estimate of drug-likeness (QED) is 0.608. The SMILES string of the molecule is C[C@H](c1ccccc1)N1CC=CC(Oc2c(Cl)cc(-n3nc(C#N)c(=O)[nH]c3=O)cc2Cl)=N1. The van der Waals surface area contributed by atoms with Gasteiger partial charge in [0, 0.05) is 6.08 Å². The van der Waals surface area contributed by atoms with E-state index >= 15 is 0 Å². The molecule has 3 aromatic rings. The van der Waals surface area contributed by atoms with Crippen LogP contribution in [0.25, 0.3) is 5.69 Å². The van der Waals surface area contributed by atoms with Crippen molar-refractivity contribution in [1.29, 1.82) is 5.26 Å². The van der Waals surface area contributed by atoms with E-state index in [1.807, 2.05) is 53.3 Å². The van der Waals surface area contributed by atoms with E-state index in [-0.39, 0.29) is 33.4 Å². The van der Waals surface area contributed by atoms with Crippen molar-refractivity contribution in [2.45, 2.75) is 13.0 Å². The van der Waals surface area contributed by atoms with Crippen LogP contribution in [0.1, 0.15) is 24.2 Å². The van der Waals surface area contributed by atoms with Crippen molar-refractivity contribution in [1.82, 2.24) is 19.8 Å². The van der Waals surface area contributed by atoms with Crippen molar-refractivity contribution >= 4 is 29.1 Å². The highest BCUT2D eigenvalue weighted by Crippen LogP contribution is 2.35. The Bertz CT molecular complexity index is 1400. The largest absolute Gasteiger partial charge is 0.434 e. The predicted octanol–water partition coefficient (Wildman–Crippen LogP) is 3.42. The van der Waals surface area contributed by atoms with Crippen LogP contribution in [0.5, 0.6) is 5.75 Å². The number of hydrogen-bond donors (Lipinski definition) is 1. The second-order valence-electron chi connectivity index (χ2n) is 7.02. The van der Waals surface area contributed by atoms with Gasteiger partial charge in [0.2, 0.25) is 11.6 Å². The first kappa shape index (κ1) is 22.3. The number of benzene rings is 2. The van der Waals surface area contributed by atoms with Gasteiger partial charge in [-0.05, 0) is 24.6 Å². The van der Waals surface area contributed by atoms with E-state index in [2.05, 4.69) is 10.2 Å². The van der Waals surface area contributed by atoms with Crippen LogP contribution in [-0.4, -0.2) is 32.2 Å². The normalized spacial score (nSPS) is 13.9. The Labute approximate surface area is 197 Å². The summed E-state index contributed by atoms with van der Waals surface area (Å²) < 4.78 is 6.68. The van der Waals surface area contributed by atoms with Gasteiger partial charge in [0.05, 0.1) is 28.3 Å². The Morgan fingerprint density at radius 3 is 2.55 bits per heavy atom. The number of nitrogens with one attached hydrogen (secondary N) is 1. The van der Waals surface area contributed by atoms with Gasteiger partial charge in [0.25, 0.3) is 5.56 Å². The Morgan fingerprint density at radius 2 is 1.88 bits per heavy atom. The number of hydrogen-bond acceptors (Lipinski definition) is 7. The third-order valence-corrected chi connectivity index (χ3v) is 5.44. The van der Waals surface area contributed by atoms with Gasteiger partial charge in [-0.25, -0.2) is 4.79 Å². The molecule has 0 saturated carbocycles. The number of H-pyrrole nitrogens is 1. The maximum Gasteiger partial charge on any atom is 0.349 e. The molecule has 1 aliphatic heterocycles. The van der Waals surface area contributed by atoms with Crippen LogP contribution in [-0.2, 0) is 0 Å². The average molecular weight is 483 g/mol. The molecular weight excluding hydrogens is 467 g/mol. The first-order valence-corrected chi connectivity index (χ1v) is 10.5. The van der Waals surface area contributed by atoms with Gasteiger partial charge >= 0.3 is 5.69 Å². The van der Waals surface area contributed by atoms with Gasteiger partial charge in [-0.3, -0.25) is 14.8 Å². The maximum absolute atomic E-state index is 12.1. The smallest absolute Gasteiger partial charge is 0.349 e. The minimum atomic E-state index is -0.882. The van der Waals surface area contributed by atoms with E-state index in [4.69, 9.17) is 33.2 Å². The van der Waals surface area contributed by atoms with Crippen LogP contribution in [0.2, 0.25) is 10.0 Å². The fourth-order valence-electron chi connectivity index (χ4n) is 3.18. The fourth-order valence-corrected chi connectivity index (χ4v) is 3.74. The predicted molar refractivity (Wildman–Crippen MR) is 124 cm³/mol. The highest BCUT2D eigenvalue weighted by Gasteiger charge is 2.19. The number of ether oxygens (including phenoxy) is 1. The highest BCUT2D eigenvalue weighted by molar-refractivity contribution is 6.37. The topological polar surface area (TPSA) is 116 Å². The molecule has 1 N–H and O–H groups in total. The molecule has 2 aromatic carbocycles. The highest BCUT2D eigenvalue weighted by atomic mass is 35.5. The summed E-state index contributed by atoms with van der Waals surface area (Å²) >= 11 is 12.7. The van der Waals surface area contributed by atoms with Crippen molar-refractivity contribution in [3.63, 3.8) is 0 Å². The van der Waals surface area contributed by atoms with Gasteiger partial charge in [-0.1, -0.05) is 59.6 Å². The molecule has 1 aliphatic rings. The van der Waals surface area contributed by atoms with Crippen LogP contribution in [0.4, 0.5) is 0 Å².